The van der Waals surface area contributed by atoms with Crippen LogP contribution in [0.15, 0.2) is 29.2 Å². The van der Waals surface area contributed by atoms with Gasteiger partial charge in [0.2, 0.25) is 15.9 Å². The van der Waals surface area contributed by atoms with Crippen molar-refractivity contribution in [2.45, 2.75) is 31.6 Å². The molecule has 1 unspecified atom stereocenters. The van der Waals surface area contributed by atoms with Crippen LogP contribution in [0.4, 0.5) is 5.13 Å². The summed E-state index contributed by atoms with van der Waals surface area (Å²) < 4.78 is 27.0. The fraction of sp³-hybridized carbons (Fsp3) is 0.389. The molecule has 0 spiro atoms. The molecule has 1 atom stereocenters. The van der Waals surface area contributed by atoms with Gasteiger partial charge in [0.1, 0.15) is 0 Å². The van der Waals surface area contributed by atoms with Crippen molar-refractivity contribution in [2.75, 3.05) is 18.4 Å². The van der Waals surface area contributed by atoms with Crippen molar-refractivity contribution < 1.29 is 18.0 Å². The van der Waals surface area contributed by atoms with Crippen molar-refractivity contribution in [1.29, 1.82) is 0 Å². The Bertz CT molecular complexity index is 1000. The Morgan fingerprint density at radius 1 is 1.29 bits per heavy atom. The number of carbonyl (C=O) groups is 2. The molecule has 0 radical (unpaired) electrons. The van der Waals surface area contributed by atoms with Gasteiger partial charge in [-0.2, -0.15) is 4.31 Å². The quantitative estimate of drug-likeness (QED) is 0.717. The number of benzene rings is 1. The number of nitrogens with zero attached hydrogens (tertiary/aromatic N) is 2. The Kier molecular flexibility index (Phi) is 6.18. The number of thiazole rings is 1. The fourth-order valence-corrected chi connectivity index (χ4v) is 5.63. The highest BCUT2D eigenvalue weighted by Gasteiger charge is 2.33. The van der Waals surface area contributed by atoms with E-state index in [1.165, 1.54) is 35.5 Å². The van der Waals surface area contributed by atoms with E-state index in [1.54, 1.807) is 6.92 Å². The average Bonchev–Trinajstić information content (AvgIpc) is 3.02. The lowest BCUT2D eigenvalue weighted by Crippen LogP contribution is -2.43. The summed E-state index contributed by atoms with van der Waals surface area (Å²) in [5.74, 6) is -0.880. The van der Waals surface area contributed by atoms with Gasteiger partial charge in [-0.25, -0.2) is 13.4 Å². The highest BCUT2D eigenvalue weighted by atomic mass is 35.5. The Hall–Kier alpha value is -1.81. The van der Waals surface area contributed by atoms with Crippen LogP contribution in [0, 0.1) is 12.8 Å². The number of carbonyl (C=O) groups excluding carboxylic acids is 2. The Morgan fingerprint density at radius 3 is 2.57 bits per heavy atom. The number of aryl methyl sites for hydroxylation is 1. The SMILES string of the molecule is CC(=O)c1sc(NC(=O)C2CCCN(S(=O)(=O)c3ccc(Cl)cc3)C2)nc1C. The number of ketones is 1. The van der Waals surface area contributed by atoms with Gasteiger partial charge < -0.3 is 5.32 Å². The number of aromatic nitrogens is 1. The lowest BCUT2D eigenvalue weighted by Gasteiger charge is -2.31. The molecule has 1 aliphatic rings. The van der Waals surface area contributed by atoms with E-state index in [1.807, 2.05) is 0 Å². The minimum atomic E-state index is -3.69. The Morgan fingerprint density at radius 2 is 1.96 bits per heavy atom. The zero-order valence-electron chi connectivity index (χ0n) is 15.4. The Labute approximate surface area is 172 Å². The van der Waals surface area contributed by atoms with Crippen LogP contribution >= 0.6 is 22.9 Å². The first-order valence-corrected chi connectivity index (χ1v) is 11.4. The molecule has 1 aromatic heterocycles. The van der Waals surface area contributed by atoms with E-state index in [2.05, 4.69) is 10.3 Å². The normalized spacial score (nSPS) is 18.0. The van der Waals surface area contributed by atoms with Crippen LogP contribution < -0.4 is 5.32 Å². The van der Waals surface area contributed by atoms with Crippen LogP contribution in [0.5, 0.6) is 0 Å². The zero-order chi connectivity index (χ0) is 20.5. The highest BCUT2D eigenvalue weighted by molar-refractivity contribution is 7.89. The maximum Gasteiger partial charge on any atom is 0.243 e. The smallest absolute Gasteiger partial charge is 0.243 e. The predicted octanol–water partition coefficient (Wildman–Crippen LogP) is 3.35. The minimum absolute atomic E-state index is 0.0979. The fourth-order valence-electron chi connectivity index (χ4n) is 3.11. The molecular weight excluding hydrogens is 422 g/mol. The standard InChI is InChI=1S/C18H20ClN3O4S2/c1-11-16(12(2)23)27-18(20-11)21-17(24)13-4-3-9-22(10-13)28(25,26)15-7-5-14(19)6-8-15/h5-8,13H,3-4,9-10H2,1-2H3,(H,20,21,24). The molecule has 1 aromatic carbocycles. The van der Waals surface area contributed by atoms with E-state index in [4.69, 9.17) is 11.6 Å². The lowest BCUT2D eigenvalue weighted by atomic mass is 9.99. The summed E-state index contributed by atoms with van der Waals surface area (Å²) in [6.45, 7) is 3.62. The second-order valence-electron chi connectivity index (χ2n) is 6.64. The van der Waals surface area contributed by atoms with Gasteiger partial charge >= 0.3 is 0 Å². The van der Waals surface area contributed by atoms with Gasteiger partial charge in [0, 0.05) is 25.0 Å². The van der Waals surface area contributed by atoms with E-state index >= 15 is 0 Å². The molecule has 1 fully saturated rings. The van der Waals surface area contributed by atoms with Crippen molar-refractivity contribution >= 4 is 49.8 Å². The first-order chi connectivity index (χ1) is 13.2. The molecule has 2 aromatic rings. The second-order valence-corrected chi connectivity index (χ2v) is 10.0. The molecule has 2 heterocycles. The molecule has 0 saturated carbocycles. The number of rotatable bonds is 5. The number of piperidine rings is 1. The molecule has 7 nitrogen and oxygen atoms in total. The number of hydrogen-bond acceptors (Lipinski definition) is 6. The molecule has 150 valence electrons. The third-order valence-electron chi connectivity index (χ3n) is 4.55. The molecule has 1 aliphatic heterocycles. The number of halogens is 1. The molecule has 1 saturated heterocycles. The monoisotopic (exact) mass is 441 g/mol. The van der Waals surface area contributed by atoms with Crippen LogP contribution in [0.2, 0.25) is 5.02 Å². The summed E-state index contributed by atoms with van der Waals surface area (Å²) in [5.41, 5.74) is 0.573. The van der Waals surface area contributed by atoms with E-state index in [-0.39, 0.29) is 23.1 Å². The number of amides is 1. The second kappa shape index (κ2) is 8.28. The molecule has 10 heteroatoms. The van der Waals surface area contributed by atoms with Crippen molar-refractivity contribution in [2.24, 2.45) is 5.92 Å². The summed E-state index contributed by atoms with van der Waals surface area (Å²) in [6, 6.07) is 5.98. The summed E-state index contributed by atoms with van der Waals surface area (Å²) in [6.07, 6.45) is 1.17. The van der Waals surface area contributed by atoms with Gasteiger partial charge in [-0.1, -0.05) is 22.9 Å². The molecule has 1 N–H and O–H groups in total. The average molecular weight is 442 g/mol. The molecule has 1 amide bonds. The van der Waals surface area contributed by atoms with Gasteiger partial charge in [0.05, 0.1) is 21.4 Å². The summed E-state index contributed by atoms with van der Waals surface area (Å²) in [4.78, 5) is 29.1. The van der Waals surface area contributed by atoms with Crippen LogP contribution in [-0.2, 0) is 14.8 Å². The van der Waals surface area contributed by atoms with Gasteiger partial charge in [-0.3, -0.25) is 9.59 Å². The number of anilines is 1. The van der Waals surface area contributed by atoms with Crippen molar-refractivity contribution in [1.82, 2.24) is 9.29 Å². The third kappa shape index (κ3) is 4.43. The topological polar surface area (TPSA) is 96.4 Å². The molecule has 0 bridgehead atoms. The van der Waals surface area contributed by atoms with Crippen LogP contribution in [0.1, 0.15) is 35.1 Å². The van der Waals surface area contributed by atoms with Crippen molar-refractivity contribution in [3.8, 4) is 0 Å². The summed E-state index contributed by atoms with van der Waals surface area (Å²) in [5, 5.41) is 3.53. The minimum Gasteiger partial charge on any atom is -0.302 e. The van der Waals surface area contributed by atoms with Gasteiger partial charge in [-0.05, 0) is 44.0 Å². The maximum atomic E-state index is 12.9. The molecule has 0 aliphatic carbocycles. The van der Waals surface area contributed by atoms with Gasteiger partial charge in [0.25, 0.3) is 0 Å². The molecule has 3 rings (SSSR count). The molecular formula is C18H20ClN3O4S2. The third-order valence-corrected chi connectivity index (χ3v) is 7.86. The van der Waals surface area contributed by atoms with Crippen molar-refractivity contribution in [3.05, 3.63) is 39.9 Å². The zero-order valence-corrected chi connectivity index (χ0v) is 17.8. The summed E-state index contributed by atoms with van der Waals surface area (Å²) >= 11 is 6.96. The predicted molar refractivity (Wildman–Crippen MR) is 108 cm³/mol. The summed E-state index contributed by atoms with van der Waals surface area (Å²) in [7, 11) is -3.69. The van der Waals surface area contributed by atoms with Gasteiger partial charge in [-0.15, -0.1) is 0 Å². The molecule has 28 heavy (non-hydrogen) atoms. The van der Waals surface area contributed by atoms with E-state index < -0.39 is 15.9 Å². The van der Waals surface area contributed by atoms with Crippen molar-refractivity contribution in [3.63, 3.8) is 0 Å². The van der Waals surface area contributed by atoms with Crippen LogP contribution in [-0.4, -0.2) is 42.5 Å². The van der Waals surface area contributed by atoms with E-state index in [9.17, 15) is 18.0 Å². The van der Waals surface area contributed by atoms with Gasteiger partial charge in [0.15, 0.2) is 10.9 Å². The first-order valence-electron chi connectivity index (χ1n) is 8.73. The maximum absolute atomic E-state index is 12.9. The highest BCUT2D eigenvalue weighted by Crippen LogP contribution is 2.27. The Balaban J connectivity index is 1.72. The van der Waals surface area contributed by atoms with Crippen LogP contribution in [0.25, 0.3) is 0 Å². The number of nitrogens with one attached hydrogen (secondary N) is 1. The first kappa shape index (κ1) is 20.9. The number of hydrogen-bond donors (Lipinski definition) is 1. The van der Waals surface area contributed by atoms with Crippen LogP contribution in [0.3, 0.4) is 0 Å². The largest absolute Gasteiger partial charge is 0.302 e. The van der Waals surface area contributed by atoms with E-state index in [0.717, 1.165) is 11.3 Å². The number of sulfonamides is 1. The lowest BCUT2D eigenvalue weighted by molar-refractivity contribution is -0.120. The number of Topliss-reactive ketones (excluding diaryl/α,β-unsaturated/α-hetero) is 1. The van der Waals surface area contributed by atoms with E-state index in [0.29, 0.717) is 40.1 Å².